The maximum absolute atomic E-state index is 11.4. The van der Waals surface area contributed by atoms with Crippen molar-refractivity contribution >= 4 is 0 Å². The van der Waals surface area contributed by atoms with E-state index in [0.717, 1.165) is 44.9 Å². The third-order valence-electron chi connectivity index (χ3n) is 11.1. The fourth-order valence-corrected chi connectivity index (χ4v) is 9.45. The Hall–Kier alpha value is -0.200. The fraction of sp³-hybridized carbons (Fsp3) is 1.00. The quantitative estimate of drug-likeness (QED) is 0.425. The van der Waals surface area contributed by atoms with Gasteiger partial charge in [0.05, 0.1) is 24.4 Å². The van der Waals surface area contributed by atoms with Crippen molar-refractivity contribution in [2.45, 2.75) is 110 Å². The van der Waals surface area contributed by atoms with E-state index in [1.807, 2.05) is 0 Å². The molecule has 5 heteroatoms. The zero-order chi connectivity index (χ0) is 23.4. The van der Waals surface area contributed by atoms with E-state index in [1.54, 1.807) is 0 Å². The molecule has 0 amide bonds. The van der Waals surface area contributed by atoms with Crippen molar-refractivity contribution in [3.63, 3.8) is 0 Å². The Morgan fingerprint density at radius 3 is 2.22 bits per heavy atom. The van der Waals surface area contributed by atoms with Crippen molar-refractivity contribution in [2.24, 2.45) is 52.3 Å². The molecular weight excluding hydrogens is 404 g/mol. The lowest BCUT2D eigenvalue weighted by atomic mass is 9.43. The summed E-state index contributed by atoms with van der Waals surface area (Å²) in [4.78, 5) is 0. The third-order valence-corrected chi connectivity index (χ3v) is 11.1. The summed E-state index contributed by atoms with van der Waals surface area (Å²) in [6, 6.07) is 0. The van der Waals surface area contributed by atoms with Gasteiger partial charge in [-0.2, -0.15) is 0 Å². The van der Waals surface area contributed by atoms with Gasteiger partial charge in [-0.25, -0.2) is 0 Å². The summed E-state index contributed by atoms with van der Waals surface area (Å²) in [5.41, 5.74) is -0.100. The van der Waals surface area contributed by atoms with Gasteiger partial charge >= 0.3 is 0 Å². The van der Waals surface area contributed by atoms with Crippen LogP contribution in [0.1, 0.15) is 85.5 Å². The van der Waals surface area contributed by atoms with Gasteiger partial charge in [0.1, 0.15) is 0 Å². The molecule has 4 saturated carbocycles. The van der Waals surface area contributed by atoms with Gasteiger partial charge in [0.2, 0.25) is 0 Å². The largest absolute Gasteiger partial charge is 0.396 e. The molecule has 0 aromatic heterocycles. The van der Waals surface area contributed by atoms with E-state index in [9.17, 15) is 25.5 Å². The van der Waals surface area contributed by atoms with Gasteiger partial charge in [-0.3, -0.25) is 0 Å². The summed E-state index contributed by atoms with van der Waals surface area (Å²) in [7, 11) is 0. The van der Waals surface area contributed by atoms with Crippen LogP contribution in [0.4, 0.5) is 0 Å². The zero-order valence-electron chi connectivity index (χ0n) is 20.7. The van der Waals surface area contributed by atoms with Crippen LogP contribution in [0.25, 0.3) is 0 Å². The fourth-order valence-electron chi connectivity index (χ4n) is 9.45. The normalized spacial score (nSPS) is 52.6. The van der Waals surface area contributed by atoms with Crippen molar-refractivity contribution in [3.8, 4) is 0 Å². The van der Waals surface area contributed by atoms with Crippen molar-refractivity contribution < 1.29 is 25.5 Å². The van der Waals surface area contributed by atoms with Crippen molar-refractivity contribution in [2.75, 3.05) is 6.61 Å². The first-order valence-corrected chi connectivity index (χ1v) is 13.4. The van der Waals surface area contributed by atoms with E-state index in [-0.39, 0.29) is 47.2 Å². The van der Waals surface area contributed by atoms with Crippen molar-refractivity contribution in [1.82, 2.24) is 0 Å². The molecule has 4 aliphatic carbocycles. The van der Waals surface area contributed by atoms with Crippen LogP contribution in [0, 0.1) is 52.3 Å². The summed E-state index contributed by atoms with van der Waals surface area (Å²) in [6.45, 7) is 9.16. The number of rotatable bonds is 6. The molecule has 0 saturated heterocycles. The Labute approximate surface area is 194 Å². The molecule has 5 nitrogen and oxygen atoms in total. The Kier molecular flexibility index (Phi) is 7.09. The monoisotopic (exact) mass is 452 g/mol. The van der Waals surface area contributed by atoms with Gasteiger partial charge in [0.15, 0.2) is 0 Å². The van der Waals surface area contributed by atoms with E-state index in [4.69, 9.17) is 0 Å². The maximum atomic E-state index is 11.4. The standard InChI is InChI=1S/C27H48O5/c1-15(14-28)6-5-7-16(2)22-24(31)25(32)23-18-13-21(30)20-12-17(29)8-10-26(20,3)19(18)9-11-27(22,23)4/h15-25,28-32H,5-14H2,1-4H3/t15-,16+,17-,18?,19?,20?,21+,22-,23?,24+,25+,26+,27+/m0/s1. The van der Waals surface area contributed by atoms with Crippen LogP contribution in [0.15, 0.2) is 0 Å². The molecule has 186 valence electrons. The van der Waals surface area contributed by atoms with Gasteiger partial charge in [-0.15, -0.1) is 0 Å². The molecule has 4 aliphatic rings. The topological polar surface area (TPSA) is 101 Å². The zero-order valence-corrected chi connectivity index (χ0v) is 20.7. The SMILES string of the molecule is C[C@H](CO)CCC[C@@H](C)[C@H]1[C@@H](O)[C@H](O)C2C3C[C@@H](O)C4C[C@@H](O)CC[C@]4(C)C3CC[C@@]21C. The van der Waals surface area contributed by atoms with E-state index in [1.165, 1.54) is 0 Å². The lowest BCUT2D eigenvalue weighted by molar-refractivity contribution is -0.181. The second-order valence-electron chi connectivity index (χ2n) is 12.9. The number of hydrogen-bond donors (Lipinski definition) is 5. The summed E-state index contributed by atoms with van der Waals surface area (Å²) in [5, 5.41) is 53.4. The first-order chi connectivity index (χ1) is 15.0. The summed E-state index contributed by atoms with van der Waals surface area (Å²) in [5.74, 6) is 1.55. The Morgan fingerprint density at radius 2 is 1.53 bits per heavy atom. The molecule has 0 radical (unpaired) electrons. The van der Waals surface area contributed by atoms with E-state index in [2.05, 4.69) is 27.7 Å². The van der Waals surface area contributed by atoms with Crippen LogP contribution >= 0.6 is 0 Å². The molecule has 0 bridgehead atoms. The van der Waals surface area contributed by atoms with Crippen molar-refractivity contribution in [1.29, 1.82) is 0 Å². The lowest BCUT2D eigenvalue weighted by Gasteiger charge is -2.62. The van der Waals surface area contributed by atoms with Crippen LogP contribution in [0.2, 0.25) is 0 Å². The Balaban J connectivity index is 1.55. The minimum absolute atomic E-state index is 0.0116. The Bertz CT molecular complexity index is 656. The highest BCUT2D eigenvalue weighted by atomic mass is 16.3. The lowest BCUT2D eigenvalue weighted by Crippen LogP contribution is -2.59. The summed E-state index contributed by atoms with van der Waals surface area (Å²) >= 11 is 0. The predicted octanol–water partition coefficient (Wildman–Crippen LogP) is 3.35. The first-order valence-electron chi connectivity index (χ1n) is 13.4. The van der Waals surface area contributed by atoms with E-state index in [0.29, 0.717) is 30.6 Å². The molecule has 0 aliphatic heterocycles. The van der Waals surface area contributed by atoms with E-state index < -0.39 is 18.3 Å². The molecule has 13 atom stereocenters. The van der Waals surface area contributed by atoms with Crippen LogP contribution in [-0.4, -0.2) is 56.6 Å². The smallest absolute Gasteiger partial charge is 0.0838 e. The highest BCUT2D eigenvalue weighted by molar-refractivity contribution is 5.15. The Morgan fingerprint density at radius 1 is 0.844 bits per heavy atom. The second-order valence-corrected chi connectivity index (χ2v) is 12.9. The minimum Gasteiger partial charge on any atom is -0.396 e. The van der Waals surface area contributed by atoms with Crippen LogP contribution in [-0.2, 0) is 0 Å². The highest BCUT2D eigenvalue weighted by Crippen LogP contribution is 2.68. The molecule has 0 spiro atoms. The average Bonchev–Trinajstić information content (AvgIpc) is 2.94. The van der Waals surface area contributed by atoms with Gasteiger partial charge in [-0.05, 0) is 97.2 Å². The molecule has 0 aromatic carbocycles. The van der Waals surface area contributed by atoms with Gasteiger partial charge in [0, 0.05) is 6.61 Å². The summed E-state index contributed by atoms with van der Waals surface area (Å²) in [6.07, 6.45) is 6.14. The molecule has 4 unspecified atom stereocenters. The first kappa shape index (κ1) is 24.9. The van der Waals surface area contributed by atoms with Gasteiger partial charge < -0.3 is 25.5 Å². The van der Waals surface area contributed by atoms with Crippen molar-refractivity contribution in [3.05, 3.63) is 0 Å². The summed E-state index contributed by atoms with van der Waals surface area (Å²) < 4.78 is 0. The maximum Gasteiger partial charge on any atom is 0.0838 e. The van der Waals surface area contributed by atoms with E-state index >= 15 is 0 Å². The average molecular weight is 453 g/mol. The number of aliphatic hydroxyl groups excluding tert-OH is 5. The number of fused-ring (bicyclic) bond motifs is 5. The van der Waals surface area contributed by atoms with Crippen LogP contribution in [0.3, 0.4) is 0 Å². The molecule has 0 heterocycles. The van der Waals surface area contributed by atoms with Gasteiger partial charge in [0.25, 0.3) is 0 Å². The van der Waals surface area contributed by atoms with Crippen LogP contribution < -0.4 is 0 Å². The minimum atomic E-state index is -0.724. The molecular formula is C27H48O5. The number of aliphatic hydroxyl groups is 5. The molecule has 4 rings (SSSR count). The highest BCUT2D eigenvalue weighted by Gasteiger charge is 2.67. The molecule has 0 aromatic rings. The predicted molar refractivity (Wildman–Crippen MR) is 125 cm³/mol. The van der Waals surface area contributed by atoms with Crippen LogP contribution in [0.5, 0.6) is 0 Å². The molecule has 5 N–H and O–H groups in total. The molecule has 4 fully saturated rings. The molecule has 32 heavy (non-hydrogen) atoms. The van der Waals surface area contributed by atoms with Gasteiger partial charge in [-0.1, -0.05) is 40.5 Å². The number of hydrogen-bond acceptors (Lipinski definition) is 5. The third kappa shape index (κ3) is 3.88. The second kappa shape index (κ2) is 9.11.